The van der Waals surface area contributed by atoms with Gasteiger partial charge < -0.3 is 9.84 Å². The number of methoxy groups -OCH3 is 1. The zero-order valence-corrected chi connectivity index (χ0v) is 11.3. The average molecular weight is 244 g/mol. The molecule has 0 aliphatic heterocycles. The summed E-state index contributed by atoms with van der Waals surface area (Å²) in [4.78, 5) is 0. The van der Waals surface area contributed by atoms with Crippen LogP contribution in [0.1, 0.15) is 32.6 Å². The minimum Gasteiger partial charge on any atom is -0.493 e. The second-order valence-corrected chi connectivity index (χ2v) is 6.51. The van der Waals surface area contributed by atoms with E-state index in [0.29, 0.717) is 11.5 Å². The number of hydrogen-bond donors (Lipinski definition) is 1. The summed E-state index contributed by atoms with van der Waals surface area (Å²) in [6, 6.07) is 0. The van der Waals surface area contributed by atoms with Crippen LogP contribution in [0.5, 0.6) is 5.75 Å². The number of thioether (sulfide) groups is 1. The smallest absolute Gasteiger partial charge is 0.162 e. The molecule has 92 valence electrons. The molecule has 1 rings (SSSR count). The van der Waals surface area contributed by atoms with Crippen LogP contribution in [-0.2, 0) is 7.05 Å². The average Bonchev–Trinajstić information content (AvgIpc) is 2.55. The Morgan fingerprint density at radius 2 is 2.19 bits per heavy atom. The maximum Gasteiger partial charge on any atom is 0.162 e. The minimum absolute atomic E-state index is 0.146. The second kappa shape index (κ2) is 5.10. The van der Waals surface area contributed by atoms with Crippen molar-refractivity contribution in [2.24, 2.45) is 7.05 Å². The predicted molar refractivity (Wildman–Crippen MR) is 66.9 cm³/mol. The van der Waals surface area contributed by atoms with Crippen molar-refractivity contribution in [3.8, 4) is 5.75 Å². The molecule has 1 aromatic rings. The van der Waals surface area contributed by atoms with Crippen molar-refractivity contribution in [2.45, 2.75) is 31.6 Å². The quantitative estimate of drug-likeness (QED) is 0.880. The lowest BCUT2D eigenvalue weighted by Gasteiger charge is -2.20. The summed E-state index contributed by atoms with van der Waals surface area (Å²) in [5.74, 6) is 1.28. The van der Waals surface area contributed by atoms with E-state index < -0.39 is 6.10 Å². The first kappa shape index (κ1) is 13.4. The summed E-state index contributed by atoms with van der Waals surface area (Å²) < 4.78 is 6.97. The van der Waals surface area contributed by atoms with Gasteiger partial charge in [0.05, 0.1) is 13.3 Å². The van der Waals surface area contributed by atoms with Gasteiger partial charge in [-0.3, -0.25) is 4.68 Å². The van der Waals surface area contributed by atoms with Crippen molar-refractivity contribution in [1.29, 1.82) is 0 Å². The fourth-order valence-corrected chi connectivity index (χ4v) is 2.19. The molecule has 0 bridgehead atoms. The Hall–Kier alpha value is -0.680. The summed E-state index contributed by atoms with van der Waals surface area (Å²) >= 11 is 1.72. The van der Waals surface area contributed by atoms with Crippen molar-refractivity contribution >= 4 is 11.8 Å². The number of aromatic nitrogens is 2. The van der Waals surface area contributed by atoms with Crippen molar-refractivity contribution in [2.75, 3.05) is 12.9 Å². The van der Waals surface area contributed by atoms with E-state index in [9.17, 15) is 5.11 Å². The Labute approximate surface area is 101 Å². The van der Waals surface area contributed by atoms with Gasteiger partial charge >= 0.3 is 0 Å². The number of aryl methyl sites for hydroxylation is 1. The Kier molecular flexibility index (Phi) is 4.27. The van der Waals surface area contributed by atoms with Gasteiger partial charge in [-0.15, -0.1) is 0 Å². The fraction of sp³-hybridized carbons (Fsp3) is 0.727. The fourth-order valence-electron chi connectivity index (χ4n) is 1.37. The molecule has 0 saturated carbocycles. The van der Waals surface area contributed by atoms with E-state index in [1.165, 1.54) is 0 Å². The van der Waals surface area contributed by atoms with E-state index in [4.69, 9.17) is 4.74 Å². The molecule has 0 aromatic carbocycles. The first-order valence-corrected chi connectivity index (χ1v) is 6.21. The van der Waals surface area contributed by atoms with Crippen molar-refractivity contribution < 1.29 is 9.84 Å². The summed E-state index contributed by atoms with van der Waals surface area (Å²) in [6.07, 6.45) is 1.08. The Balaban J connectivity index is 2.72. The van der Waals surface area contributed by atoms with E-state index in [-0.39, 0.29) is 4.75 Å². The first-order chi connectivity index (χ1) is 7.35. The first-order valence-electron chi connectivity index (χ1n) is 5.23. The molecule has 0 fully saturated rings. The van der Waals surface area contributed by atoms with Crippen LogP contribution in [0.25, 0.3) is 0 Å². The molecule has 1 N–H and O–H groups in total. The zero-order valence-electron chi connectivity index (χ0n) is 10.5. The van der Waals surface area contributed by atoms with E-state index >= 15 is 0 Å². The third-order valence-electron chi connectivity index (χ3n) is 2.16. The number of ether oxygens (including phenoxy) is 1. The Morgan fingerprint density at radius 1 is 1.56 bits per heavy atom. The van der Waals surface area contributed by atoms with E-state index in [2.05, 4.69) is 25.9 Å². The van der Waals surface area contributed by atoms with Gasteiger partial charge in [0.1, 0.15) is 11.8 Å². The number of aliphatic hydroxyl groups is 1. The van der Waals surface area contributed by atoms with Gasteiger partial charge in [0, 0.05) is 17.5 Å². The van der Waals surface area contributed by atoms with Gasteiger partial charge in [-0.1, -0.05) is 20.8 Å². The largest absolute Gasteiger partial charge is 0.493 e. The van der Waals surface area contributed by atoms with Crippen LogP contribution in [0.15, 0.2) is 6.20 Å². The number of nitrogens with zero attached hydrogens (tertiary/aromatic N) is 2. The maximum atomic E-state index is 10.1. The number of aliphatic hydroxyl groups excluding tert-OH is 1. The number of hydrogen-bond acceptors (Lipinski definition) is 4. The highest BCUT2D eigenvalue weighted by Gasteiger charge is 2.21. The molecule has 1 atom stereocenters. The zero-order chi connectivity index (χ0) is 12.3. The van der Waals surface area contributed by atoms with Crippen LogP contribution in [0, 0.1) is 0 Å². The van der Waals surface area contributed by atoms with Gasteiger partial charge in [0.2, 0.25) is 0 Å². The molecule has 0 saturated heterocycles. The van der Waals surface area contributed by atoms with Crippen LogP contribution in [0.3, 0.4) is 0 Å². The van der Waals surface area contributed by atoms with E-state index in [1.807, 2.05) is 7.05 Å². The lowest BCUT2D eigenvalue weighted by molar-refractivity contribution is 0.188. The lowest BCUT2D eigenvalue weighted by atomic mass is 10.2. The van der Waals surface area contributed by atoms with Crippen LogP contribution in [0.4, 0.5) is 0 Å². The van der Waals surface area contributed by atoms with Crippen LogP contribution in [-0.4, -0.2) is 32.5 Å². The highest BCUT2D eigenvalue weighted by atomic mass is 32.2. The Morgan fingerprint density at radius 3 is 2.69 bits per heavy atom. The normalized spacial score (nSPS) is 13.9. The highest BCUT2D eigenvalue weighted by molar-refractivity contribution is 8.00. The molecule has 1 heterocycles. The second-order valence-electron chi connectivity index (χ2n) is 4.66. The van der Waals surface area contributed by atoms with Crippen molar-refractivity contribution in [3.63, 3.8) is 0 Å². The van der Waals surface area contributed by atoms with Crippen molar-refractivity contribution in [1.82, 2.24) is 9.78 Å². The number of rotatable bonds is 4. The van der Waals surface area contributed by atoms with Gasteiger partial charge in [-0.05, 0) is 0 Å². The summed E-state index contributed by atoms with van der Waals surface area (Å²) in [6.45, 7) is 6.39. The van der Waals surface area contributed by atoms with Crippen LogP contribution in [0.2, 0.25) is 0 Å². The predicted octanol–water partition coefficient (Wildman–Crippen LogP) is 1.99. The summed E-state index contributed by atoms with van der Waals surface area (Å²) in [5, 5.41) is 14.2. The molecule has 0 spiro atoms. The maximum absolute atomic E-state index is 10.1. The van der Waals surface area contributed by atoms with Gasteiger partial charge in [0.15, 0.2) is 5.75 Å². The third-order valence-corrected chi connectivity index (χ3v) is 3.51. The van der Waals surface area contributed by atoms with E-state index in [0.717, 1.165) is 5.69 Å². The molecule has 1 unspecified atom stereocenters. The summed E-state index contributed by atoms with van der Waals surface area (Å²) in [5.41, 5.74) is 0.735. The highest BCUT2D eigenvalue weighted by Crippen LogP contribution is 2.31. The molecule has 0 radical (unpaired) electrons. The third kappa shape index (κ3) is 3.42. The van der Waals surface area contributed by atoms with Crippen LogP contribution >= 0.6 is 11.8 Å². The molecular formula is C11H20N2O2S. The molecule has 4 nitrogen and oxygen atoms in total. The molecule has 1 aromatic heterocycles. The Bertz CT molecular complexity index is 344. The minimum atomic E-state index is -0.549. The van der Waals surface area contributed by atoms with Gasteiger partial charge in [-0.25, -0.2) is 0 Å². The van der Waals surface area contributed by atoms with Crippen LogP contribution < -0.4 is 4.74 Å². The molecule has 0 amide bonds. The SMILES string of the molecule is COc1cnn(C)c1C(O)CSC(C)(C)C. The molecule has 5 heteroatoms. The molecule has 0 aliphatic carbocycles. The topological polar surface area (TPSA) is 47.3 Å². The molecular weight excluding hydrogens is 224 g/mol. The van der Waals surface area contributed by atoms with Gasteiger partial charge in [0.25, 0.3) is 0 Å². The summed E-state index contributed by atoms with van der Waals surface area (Å²) in [7, 11) is 3.40. The van der Waals surface area contributed by atoms with Gasteiger partial charge in [-0.2, -0.15) is 16.9 Å². The monoisotopic (exact) mass is 244 g/mol. The lowest BCUT2D eigenvalue weighted by Crippen LogP contribution is -2.14. The van der Waals surface area contributed by atoms with E-state index in [1.54, 1.807) is 29.8 Å². The molecule has 0 aliphatic rings. The van der Waals surface area contributed by atoms with Crippen molar-refractivity contribution in [3.05, 3.63) is 11.9 Å². The standard InChI is InChI=1S/C11H20N2O2S/c1-11(2,3)16-7-8(14)10-9(15-5)6-12-13(10)4/h6,8,14H,7H2,1-5H3. The molecule has 16 heavy (non-hydrogen) atoms.